The Morgan fingerprint density at radius 3 is 1.96 bits per heavy atom. The van der Waals surface area contributed by atoms with Gasteiger partial charge in [0.25, 0.3) is 0 Å². The second kappa shape index (κ2) is 6.78. The molecule has 0 amide bonds. The van der Waals surface area contributed by atoms with E-state index in [1.165, 1.54) is 0 Å². The normalized spacial score (nSPS) is 26.0. The van der Waals surface area contributed by atoms with Crippen LogP contribution in [0.3, 0.4) is 0 Å². The van der Waals surface area contributed by atoms with E-state index < -0.39 is 11.2 Å². The Kier molecular flexibility index (Phi) is 5.01. The molecule has 5 nitrogen and oxygen atoms in total. The molecule has 1 aromatic carbocycles. The van der Waals surface area contributed by atoms with E-state index in [0.29, 0.717) is 22.8 Å². The first-order chi connectivity index (χ1) is 13.1. The molecule has 2 atom stereocenters. The summed E-state index contributed by atoms with van der Waals surface area (Å²) in [5.41, 5.74) is 1.13. The molecule has 1 fully saturated rings. The number of ether oxygens (including phenoxy) is 3. The molecule has 28 heavy (non-hydrogen) atoms. The molecule has 0 bridgehead atoms. The van der Waals surface area contributed by atoms with Crippen LogP contribution in [0.5, 0.6) is 17.2 Å². The summed E-state index contributed by atoms with van der Waals surface area (Å²) in [4.78, 5) is 26.8. The molecule has 0 N–H and O–H groups in total. The predicted octanol–water partition coefficient (Wildman–Crippen LogP) is 4.69. The number of Topliss-reactive ketones (excluding diaryl/α,β-unsaturated/α-hetero) is 2. The molecule has 154 valence electrons. The van der Waals surface area contributed by atoms with Crippen LogP contribution < -0.4 is 14.2 Å². The summed E-state index contributed by atoms with van der Waals surface area (Å²) in [6, 6.07) is 0. The standard InChI is InChI=1S/C23H32O5/c1-12(2)13-18(26-6)14-15(20(28-8)19(13)27-7)23(5)11-9-10-22(3,4)21(23)17(25)16(14)24/h12,21H,9-11H2,1-8H3/t21-,23-/m1/s1. The topological polar surface area (TPSA) is 61.8 Å². The molecule has 2 aliphatic rings. The minimum atomic E-state index is -0.510. The molecule has 1 aromatic rings. The van der Waals surface area contributed by atoms with Crippen molar-refractivity contribution in [2.75, 3.05) is 21.3 Å². The first-order valence-corrected chi connectivity index (χ1v) is 10.0. The van der Waals surface area contributed by atoms with E-state index in [4.69, 9.17) is 14.2 Å². The highest BCUT2D eigenvalue weighted by atomic mass is 16.5. The third-order valence-corrected chi connectivity index (χ3v) is 6.81. The van der Waals surface area contributed by atoms with Crippen molar-refractivity contribution in [1.29, 1.82) is 0 Å². The fraction of sp³-hybridized carbons (Fsp3) is 0.652. The predicted molar refractivity (Wildman–Crippen MR) is 108 cm³/mol. The van der Waals surface area contributed by atoms with E-state index >= 15 is 0 Å². The number of benzene rings is 1. The van der Waals surface area contributed by atoms with Gasteiger partial charge in [-0.05, 0) is 24.2 Å². The maximum atomic E-state index is 13.4. The van der Waals surface area contributed by atoms with E-state index in [-0.39, 0.29) is 23.0 Å². The van der Waals surface area contributed by atoms with E-state index in [0.717, 1.165) is 30.4 Å². The molecule has 1 saturated carbocycles. The van der Waals surface area contributed by atoms with Gasteiger partial charge in [-0.25, -0.2) is 0 Å². The van der Waals surface area contributed by atoms with Crippen molar-refractivity contribution in [3.63, 3.8) is 0 Å². The molecule has 0 heterocycles. The number of hydrogen-bond donors (Lipinski definition) is 0. The van der Waals surface area contributed by atoms with Gasteiger partial charge in [-0.3, -0.25) is 9.59 Å². The summed E-state index contributed by atoms with van der Waals surface area (Å²) in [7, 11) is 4.75. The number of methoxy groups -OCH3 is 3. The molecule has 2 aliphatic carbocycles. The van der Waals surface area contributed by atoms with Crippen LogP contribution >= 0.6 is 0 Å². The van der Waals surface area contributed by atoms with Gasteiger partial charge in [0.2, 0.25) is 11.6 Å². The monoisotopic (exact) mass is 388 g/mol. The number of hydrogen-bond acceptors (Lipinski definition) is 5. The lowest BCUT2D eigenvalue weighted by molar-refractivity contribution is -0.128. The van der Waals surface area contributed by atoms with Crippen molar-refractivity contribution in [2.45, 2.75) is 65.2 Å². The van der Waals surface area contributed by atoms with Gasteiger partial charge < -0.3 is 14.2 Å². The van der Waals surface area contributed by atoms with Crippen molar-refractivity contribution >= 4 is 11.6 Å². The summed E-state index contributed by atoms with van der Waals surface area (Å²) in [5, 5.41) is 0. The average Bonchev–Trinajstić information content (AvgIpc) is 2.62. The Bertz CT molecular complexity index is 836. The van der Waals surface area contributed by atoms with E-state index in [1.807, 2.05) is 13.8 Å². The molecular formula is C23H32O5. The Morgan fingerprint density at radius 1 is 0.893 bits per heavy atom. The second-order valence-electron chi connectivity index (χ2n) is 9.30. The van der Waals surface area contributed by atoms with Crippen LogP contribution in [0.25, 0.3) is 0 Å². The molecule has 0 radical (unpaired) electrons. The molecular weight excluding hydrogens is 356 g/mol. The third-order valence-electron chi connectivity index (χ3n) is 6.81. The lowest BCUT2D eigenvalue weighted by atomic mass is 9.49. The molecule has 0 aliphatic heterocycles. The number of rotatable bonds is 4. The molecule has 0 aromatic heterocycles. The molecule has 5 heteroatoms. The van der Waals surface area contributed by atoms with Gasteiger partial charge in [-0.1, -0.05) is 41.0 Å². The zero-order valence-corrected chi connectivity index (χ0v) is 18.3. The summed E-state index contributed by atoms with van der Waals surface area (Å²) < 4.78 is 17.4. The highest BCUT2D eigenvalue weighted by Crippen LogP contribution is 2.61. The minimum absolute atomic E-state index is 0.0281. The molecule has 0 spiro atoms. The first kappa shape index (κ1) is 20.7. The lowest BCUT2D eigenvalue weighted by Crippen LogP contribution is -2.55. The Hall–Kier alpha value is -2.04. The fourth-order valence-corrected chi connectivity index (χ4v) is 5.83. The Balaban J connectivity index is 2.51. The van der Waals surface area contributed by atoms with Gasteiger partial charge in [0.1, 0.15) is 5.75 Å². The van der Waals surface area contributed by atoms with Crippen LogP contribution in [0, 0.1) is 11.3 Å². The quantitative estimate of drug-likeness (QED) is 0.701. The van der Waals surface area contributed by atoms with E-state index in [1.54, 1.807) is 21.3 Å². The highest BCUT2D eigenvalue weighted by molar-refractivity contribution is 6.47. The van der Waals surface area contributed by atoms with Crippen molar-refractivity contribution in [3.8, 4) is 17.2 Å². The second-order valence-corrected chi connectivity index (χ2v) is 9.30. The van der Waals surface area contributed by atoms with Crippen LogP contribution in [0.2, 0.25) is 0 Å². The highest BCUT2D eigenvalue weighted by Gasteiger charge is 2.59. The van der Waals surface area contributed by atoms with Gasteiger partial charge in [0.05, 0.1) is 26.9 Å². The smallest absolute Gasteiger partial charge is 0.233 e. The van der Waals surface area contributed by atoms with Gasteiger partial charge >= 0.3 is 0 Å². The zero-order chi connectivity index (χ0) is 21.0. The largest absolute Gasteiger partial charge is 0.496 e. The summed E-state index contributed by atoms with van der Waals surface area (Å²) in [6.07, 6.45) is 2.72. The number of carbonyl (C=O) groups is 2. The van der Waals surface area contributed by atoms with Crippen molar-refractivity contribution in [2.24, 2.45) is 11.3 Å². The first-order valence-electron chi connectivity index (χ1n) is 10.0. The summed E-state index contributed by atoms with van der Waals surface area (Å²) in [5.74, 6) is 0.477. The zero-order valence-electron chi connectivity index (χ0n) is 18.3. The lowest BCUT2D eigenvalue weighted by Gasteiger charge is -2.53. The van der Waals surface area contributed by atoms with Crippen LogP contribution in [0.15, 0.2) is 0 Å². The Morgan fingerprint density at radius 2 is 1.46 bits per heavy atom. The number of ketones is 2. The van der Waals surface area contributed by atoms with Crippen molar-refractivity contribution in [3.05, 3.63) is 16.7 Å². The number of fused-ring (bicyclic) bond motifs is 3. The molecule has 0 unspecified atom stereocenters. The van der Waals surface area contributed by atoms with Crippen molar-refractivity contribution in [1.82, 2.24) is 0 Å². The van der Waals surface area contributed by atoms with Crippen LogP contribution in [-0.2, 0) is 10.2 Å². The SMILES string of the molecule is COc1c(OC)c2c(c(OC)c1C(C)C)C(=O)C(=O)[C@@H]1C(C)(C)CCC[C@]21C. The van der Waals surface area contributed by atoms with Gasteiger partial charge in [0, 0.05) is 22.5 Å². The minimum Gasteiger partial charge on any atom is -0.496 e. The Labute approximate surface area is 167 Å². The van der Waals surface area contributed by atoms with Gasteiger partial charge in [-0.15, -0.1) is 0 Å². The molecule has 0 saturated heterocycles. The fourth-order valence-electron chi connectivity index (χ4n) is 5.83. The van der Waals surface area contributed by atoms with Crippen LogP contribution in [-0.4, -0.2) is 32.9 Å². The average molecular weight is 389 g/mol. The number of carbonyl (C=O) groups excluding carboxylic acids is 2. The van der Waals surface area contributed by atoms with E-state index in [9.17, 15) is 9.59 Å². The van der Waals surface area contributed by atoms with E-state index in [2.05, 4.69) is 20.8 Å². The van der Waals surface area contributed by atoms with Crippen molar-refractivity contribution < 1.29 is 23.8 Å². The maximum absolute atomic E-state index is 13.4. The van der Waals surface area contributed by atoms with Crippen LogP contribution in [0.1, 0.15) is 81.3 Å². The molecule has 3 rings (SSSR count). The third kappa shape index (κ3) is 2.58. The van der Waals surface area contributed by atoms with Gasteiger partial charge in [0.15, 0.2) is 11.5 Å². The van der Waals surface area contributed by atoms with Gasteiger partial charge in [-0.2, -0.15) is 0 Å². The summed E-state index contributed by atoms with van der Waals surface area (Å²) >= 11 is 0. The summed E-state index contributed by atoms with van der Waals surface area (Å²) in [6.45, 7) is 10.3. The van der Waals surface area contributed by atoms with Crippen LogP contribution in [0.4, 0.5) is 0 Å². The maximum Gasteiger partial charge on any atom is 0.233 e.